The summed E-state index contributed by atoms with van der Waals surface area (Å²) in [6.07, 6.45) is 1.74. The number of Topliss-reactive ketones (excluding diaryl/α,β-unsaturated/α-hetero) is 1. The molecule has 6 nitrogen and oxygen atoms in total. The molecule has 0 amide bonds. The molecule has 2 rings (SSSR count). The van der Waals surface area contributed by atoms with Crippen LogP contribution in [0.25, 0.3) is 0 Å². The van der Waals surface area contributed by atoms with Crippen molar-refractivity contribution in [2.75, 3.05) is 7.05 Å². The fourth-order valence-electron chi connectivity index (χ4n) is 3.36. The molecule has 33 heavy (non-hydrogen) atoms. The van der Waals surface area contributed by atoms with Crippen LogP contribution in [0.1, 0.15) is 68.2 Å². The Hall–Kier alpha value is -2.39. The molecule has 1 atom stereocenters. The summed E-state index contributed by atoms with van der Waals surface area (Å²) in [6.45, 7) is 5.44. The van der Waals surface area contributed by atoms with Gasteiger partial charge in [0.05, 0.1) is 0 Å². The molecule has 0 radical (unpaired) electrons. The van der Waals surface area contributed by atoms with Crippen molar-refractivity contribution in [1.82, 2.24) is 15.5 Å². The number of carbonyl (C=O) groups is 2. The van der Waals surface area contributed by atoms with E-state index in [9.17, 15) is 18.0 Å². The summed E-state index contributed by atoms with van der Waals surface area (Å²) in [4.78, 5) is 18.9. The zero-order valence-electron chi connectivity index (χ0n) is 19.4. The number of benzene rings is 1. The van der Waals surface area contributed by atoms with Gasteiger partial charge >= 0.3 is 6.18 Å². The summed E-state index contributed by atoms with van der Waals surface area (Å²) < 4.78 is 35.6. The minimum atomic E-state index is -4.47. The van der Waals surface area contributed by atoms with E-state index < -0.39 is 17.7 Å². The number of carboxylic acid groups (broad SMARTS) is 1. The smallest absolute Gasteiger partial charge is 0.432 e. The molecular weight excluding hydrogens is 459 g/mol. The molecule has 0 fully saturated rings. The van der Waals surface area contributed by atoms with Crippen LogP contribution in [0, 0.1) is 5.92 Å². The number of aromatic amines is 1. The van der Waals surface area contributed by atoms with E-state index in [1.807, 2.05) is 12.1 Å². The molecule has 0 saturated carbocycles. The first-order chi connectivity index (χ1) is 15.5. The third kappa shape index (κ3) is 12.4. The van der Waals surface area contributed by atoms with Crippen LogP contribution in [0.2, 0.25) is 5.02 Å². The number of carbonyl (C=O) groups excluding carboxylic acids is 1. The first kappa shape index (κ1) is 30.6. The van der Waals surface area contributed by atoms with E-state index in [2.05, 4.69) is 43.4 Å². The maximum absolute atomic E-state index is 11.9. The van der Waals surface area contributed by atoms with E-state index in [1.54, 1.807) is 5.10 Å². The second-order valence-corrected chi connectivity index (χ2v) is 7.83. The van der Waals surface area contributed by atoms with Crippen LogP contribution in [0.5, 0.6) is 0 Å². The first-order valence-electron chi connectivity index (χ1n) is 10.7. The van der Waals surface area contributed by atoms with Crippen LogP contribution >= 0.6 is 11.6 Å². The van der Waals surface area contributed by atoms with Crippen LogP contribution in [-0.2, 0) is 17.4 Å². The predicted molar refractivity (Wildman–Crippen MR) is 124 cm³/mol. The maximum atomic E-state index is 11.9. The van der Waals surface area contributed by atoms with Crippen molar-refractivity contribution < 1.29 is 27.9 Å². The molecule has 0 aliphatic heterocycles. The number of nitrogens with zero attached hydrogens (tertiary/aromatic N) is 1. The van der Waals surface area contributed by atoms with Crippen molar-refractivity contribution in [3.8, 4) is 0 Å². The third-order valence-corrected chi connectivity index (χ3v) is 5.08. The van der Waals surface area contributed by atoms with E-state index in [4.69, 9.17) is 21.5 Å². The minimum absolute atomic E-state index is 0.206. The van der Waals surface area contributed by atoms with Gasteiger partial charge in [0.1, 0.15) is 11.4 Å². The van der Waals surface area contributed by atoms with Crippen LogP contribution in [0.4, 0.5) is 13.2 Å². The number of halogens is 4. The standard InChI is InChI=1S/C16H26ClN.C6H5F3N2O.CH2O2/c1-4-7-14(8-5-2)16(18-3)12-13-9-6-10-15(17)11-13;1-3(12)4-2-5(11-10-4)6(7,8)9;2-1-3/h6,9-11,14,16,18H,4-5,7-8,12H2,1-3H3;2H,1H3,(H,10,11);1H,(H,2,3). The fraction of sp³-hybridized carbons (Fsp3) is 0.522. The van der Waals surface area contributed by atoms with Crippen LogP contribution in [0.3, 0.4) is 0 Å². The normalized spacial score (nSPS) is 11.7. The maximum Gasteiger partial charge on any atom is 0.432 e. The Labute approximate surface area is 197 Å². The van der Waals surface area contributed by atoms with E-state index >= 15 is 0 Å². The Morgan fingerprint density at radius 2 is 1.82 bits per heavy atom. The number of nitrogens with one attached hydrogen (secondary N) is 2. The number of alkyl halides is 3. The van der Waals surface area contributed by atoms with Crippen LogP contribution < -0.4 is 5.32 Å². The number of likely N-dealkylation sites (N-methyl/N-ethyl adjacent to an activating group) is 1. The average Bonchev–Trinajstić information content (AvgIpc) is 3.24. The van der Waals surface area contributed by atoms with Crippen molar-refractivity contribution in [2.24, 2.45) is 5.92 Å². The Balaban J connectivity index is 0.000000588. The lowest BCUT2D eigenvalue weighted by Crippen LogP contribution is -2.35. The summed E-state index contributed by atoms with van der Waals surface area (Å²) >= 11 is 6.05. The molecule has 2 aromatic rings. The van der Waals surface area contributed by atoms with Crippen LogP contribution in [-0.4, -0.2) is 40.6 Å². The van der Waals surface area contributed by atoms with E-state index in [1.165, 1.54) is 31.2 Å². The molecule has 0 spiro atoms. The molecule has 186 valence electrons. The van der Waals surface area contributed by atoms with Crippen molar-refractivity contribution in [3.05, 3.63) is 52.3 Å². The number of aromatic nitrogens is 2. The van der Waals surface area contributed by atoms with Gasteiger partial charge in [-0.05, 0) is 56.0 Å². The Morgan fingerprint density at radius 1 is 1.24 bits per heavy atom. The minimum Gasteiger partial charge on any atom is -0.483 e. The molecule has 0 aliphatic rings. The zero-order valence-corrected chi connectivity index (χ0v) is 20.1. The Bertz CT molecular complexity index is 823. The number of ketones is 1. The van der Waals surface area contributed by atoms with Crippen LogP contribution in [0.15, 0.2) is 30.3 Å². The molecule has 1 unspecified atom stereocenters. The topological polar surface area (TPSA) is 95.1 Å². The van der Waals surface area contributed by atoms with Gasteiger partial charge in [0.25, 0.3) is 6.47 Å². The highest BCUT2D eigenvalue weighted by atomic mass is 35.5. The third-order valence-electron chi connectivity index (χ3n) is 4.85. The number of H-pyrrole nitrogens is 1. The Morgan fingerprint density at radius 3 is 2.18 bits per heavy atom. The van der Waals surface area contributed by atoms with Crippen molar-refractivity contribution in [3.63, 3.8) is 0 Å². The highest BCUT2D eigenvalue weighted by Gasteiger charge is 2.33. The molecule has 0 saturated heterocycles. The van der Waals surface area contributed by atoms with Crippen molar-refractivity contribution in [1.29, 1.82) is 0 Å². The highest BCUT2D eigenvalue weighted by Crippen LogP contribution is 2.27. The average molecular weight is 492 g/mol. The van der Waals surface area contributed by atoms with Gasteiger partial charge in [-0.3, -0.25) is 14.7 Å². The Kier molecular flexibility index (Phi) is 15.1. The summed E-state index contributed by atoms with van der Waals surface area (Å²) in [7, 11) is 2.08. The van der Waals surface area contributed by atoms with Gasteiger partial charge in [-0.25, -0.2) is 0 Å². The molecule has 3 N–H and O–H groups in total. The van der Waals surface area contributed by atoms with Gasteiger partial charge in [-0.1, -0.05) is 50.4 Å². The number of rotatable bonds is 9. The van der Waals surface area contributed by atoms with Gasteiger partial charge in [0.2, 0.25) is 0 Å². The lowest BCUT2D eigenvalue weighted by atomic mass is 9.87. The van der Waals surface area contributed by atoms with E-state index in [0.717, 1.165) is 24.3 Å². The lowest BCUT2D eigenvalue weighted by Gasteiger charge is -2.26. The fourth-order valence-corrected chi connectivity index (χ4v) is 3.57. The van der Waals surface area contributed by atoms with Crippen molar-refractivity contribution in [2.45, 2.75) is 65.1 Å². The molecule has 1 heterocycles. The summed E-state index contributed by atoms with van der Waals surface area (Å²) in [5.41, 5.74) is 0.120. The van der Waals surface area contributed by atoms with Crippen molar-refractivity contribution >= 4 is 23.9 Å². The monoisotopic (exact) mass is 491 g/mol. The SMILES string of the molecule is CC(=O)c1cc(C(F)(F)F)[nH]n1.CCCC(CCC)C(Cc1cccc(Cl)c1)NC.O=CO. The predicted octanol–water partition coefficient (Wildman–Crippen LogP) is 6.02. The summed E-state index contributed by atoms with van der Waals surface area (Å²) in [6, 6.07) is 9.48. The van der Waals surface area contributed by atoms with Gasteiger partial charge in [0, 0.05) is 18.0 Å². The molecule has 0 aliphatic carbocycles. The lowest BCUT2D eigenvalue weighted by molar-refractivity contribution is -0.141. The molecular formula is C23H33ClF3N3O3. The molecule has 1 aromatic heterocycles. The van der Waals surface area contributed by atoms with Gasteiger partial charge in [0.15, 0.2) is 5.78 Å². The zero-order chi connectivity index (χ0) is 25.4. The molecule has 0 bridgehead atoms. The largest absolute Gasteiger partial charge is 0.483 e. The summed E-state index contributed by atoms with van der Waals surface area (Å²) in [5.74, 6) is 0.269. The second-order valence-electron chi connectivity index (χ2n) is 7.39. The quantitative estimate of drug-likeness (QED) is 0.294. The van der Waals surface area contributed by atoms with E-state index in [-0.39, 0.29) is 12.2 Å². The summed E-state index contributed by atoms with van der Waals surface area (Å²) in [5, 5.41) is 16.1. The molecule has 10 heteroatoms. The van der Waals surface area contributed by atoms with Gasteiger partial charge in [-0.2, -0.15) is 18.3 Å². The van der Waals surface area contributed by atoms with Gasteiger partial charge < -0.3 is 10.4 Å². The first-order valence-corrected chi connectivity index (χ1v) is 11.0. The number of hydrogen-bond donors (Lipinski definition) is 3. The highest BCUT2D eigenvalue weighted by molar-refractivity contribution is 6.30. The second kappa shape index (κ2) is 16.3. The van der Waals surface area contributed by atoms with E-state index in [0.29, 0.717) is 12.1 Å². The number of hydrogen-bond acceptors (Lipinski definition) is 4. The molecule has 1 aromatic carbocycles. The van der Waals surface area contributed by atoms with Gasteiger partial charge in [-0.15, -0.1) is 0 Å².